The molecule has 0 unspecified atom stereocenters. The summed E-state index contributed by atoms with van der Waals surface area (Å²) in [4.78, 5) is 4.00. The normalized spacial score (nSPS) is 14.5. The molecule has 15 heavy (non-hydrogen) atoms. The number of allylic oxidation sites excluding steroid dienone is 5. The highest BCUT2D eigenvalue weighted by molar-refractivity contribution is 5.90. The van der Waals surface area contributed by atoms with Crippen molar-refractivity contribution in [2.45, 2.75) is 13.8 Å². The van der Waals surface area contributed by atoms with Crippen LogP contribution in [0.15, 0.2) is 40.1 Å². The summed E-state index contributed by atoms with van der Waals surface area (Å²) < 4.78 is 0. The summed E-state index contributed by atoms with van der Waals surface area (Å²) in [6.07, 6.45) is 8.87. The first-order valence-corrected chi connectivity index (χ1v) is 4.85. The van der Waals surface area contributed by atoms with Crippen molar-refractivity contribution >= 4 is 12.4 Å². The molecule has 0 spiro atoms. The van der Waals surface area contributed by atoms with E-state index in [9.17, 15) is 0 Å². The van der Waals surface area contributed by atoms with E-state index in [1.165, 1.54) is 6.21 Å². The van der Waals surface area contributed by atoms with Gasteiger partial charge in [0.2, 0.25) is 0 Å². The number of aliphatic imine (C=N–C) groups is 1. The number of nitrogens with one attached hydrogen (secondary N) is 2. The van der Waals surface area contributed by atoms with E-state index < -0.39 is 0 Å². The first-order valence-electron chi connectivity index (χ1n) is 4.85. The third kappa shape index (κ3) is 4.40. The summed E-state index contributed by atoms with van der Waals surface area (Å²) in [6.45, 7) is 3.94. The molecule has 3 heteroatoms. The average Bonchev–Trinajstić information content (AvgIpc) is 2.24. The van der Waals surface area contributed by atoms with Crippen LogP contribution in [0.4, 0.5) is 0 Å². The largest absolute Gasteiger partial charge is 0.393 e. The Labute approximate surface area is 91.8 Å². The van der Waals surface area contributed by atoms with Crippen LogP contribution in [0.25, 0.3) is 0 Å². The van der Waals surface area contributed by atoms with Gasteiger partial charge in [-0.1, -0.05) is 12.2 Å². The molecule has 0 radical (unpaired) electrons. The van der Waals surface area contributed by atoms with E-state index in [-0.39, 0.29) is 0 Å². The highest BCUT2D eigenvalue weighted by atomic mass is 14.8. The Morgan fingerprint density at radius 1 is 1.40 bits per heavy atom. The van der Waals surface area contributed by atoms with Crippen LogP contribution in [0.5, 0.6) is 0 Å². The van der Waals surface area contributed by atoms with Gasteiger partial charge in [0.25, 0.3) is 0 Å². The maximum absolute atomic E-state index is 7.32. The number of hydrogen-bond acceptors (Lipinski definition) is 3. The maximum atomic E-state index is 7.32. The lowest BCUT2D eigenvalue weighted by molar-refractivity contribution is 1.09. The molecule has 0 aliphatic carbocycles. The third-order valence-electron chi connectivity index (χ3n) is 1.94. The molecule has 3 nitrogen and oxygen atoms in total. The fourth-order valence-electron chi connectivity index (χ4n) is 1.16. The molecule has 0 atom stereocenters. The fourth-order valence-corrected chi connectivity index (χ4v) is 1.16. The number of nitrogens with zero attached hydrogens (tertiary/aromatic N) is 1. The molecule has 0 aromatic carbocycles. The molecule has 0 amide bonds. The van der Waals surface area contributed by atoms with E-state index in [4.69, 9.17) is 5.41 Å². The Hall–Kier alpha value is -1.64. The summed E-state index contributed by atoms with van der Waals surface area (Å²) in [7, 11) is 3.56. The van der Waals surface area contributed by atoms with Gasteiger partial charge in [-0.25, -0.2) is 0 Å². The Morgan fingerprint density at radius 2 is 2.07 bits per heavy atom. The van der Waals surface area contributed by atoms with Gasteiger partial charge < -0.3 is 10.7 Å². The second-order valence-corrected chi connectivity index (χ2v) is 3.00. The van der Waals surface area contributed by atoms with Gasteiger partial charge in [0.1, 0.15) is 0 Å². The van der Waals surface area contributed by atoms with Crippen molar-refractivity contribution in [2.24, 2.45) is 4.99 Å². The zero-order chi connectivity index (χ0) is 11.7. The molecule has 0 aliphatic rings. The molecule has 0 fully saturated rings. The zero-order valence-corrected chi connectivity index (χ0v) is 9.83. The van der Waals surface area contributed by atoms with Crippen molar-refractivity contribution < 1.29 is 0 Å². The van der Waals surface area contributed by atoms with Crippen molar-refractivity contribution in [1.82, 2.24) is 5.32 Å². The average molecular weight is 205 g/mol. The molecule has 0 saturated carbocycles. The van der Waals surface area contributed by atoms with E-state index in [0.29, 0.717) is 0 Å². The van der Waals surface area contributed by atoms with Crippen LogP contribution < -0.4 is 5.32 Å². The summed E-state index contributed by atoms with van der Waals surface area (Å²) in [5.74, 6) is 0. The molecule has 0 aliphatic heterocycles. The van der Waals surface area contributed by atoms with Gasteiger partial charge in [0.15, 0.2) is 0 Å². The molecule has 2 N–H and O–H groups in total. The van der Waals surface area contributed by atoms with Crippen LogP contribution in [0, 0.1) is 5.41 Å². The number of rotatable bonds is 5. The molecule has 0 saturated heterocycles. The SMILES string of the molecule is C/C=C/C(/C=N\C)=C(C)\C(C=N)=C\NC. The quantitative estimate of drug-likeness (QED) is 0.525. The third-order valence-corrected chi connectivity index (χ3v) is 1.94. The van der Waals surface area contributed by atoms with Gasteiger partial charge in [-0.05, 0) is 25.0 Å². The number of hydrogen-bond donors (Lipinski definition) is 2. The lowest BCUT2D eigenvalue weighted by Gasteiger charge is -2.05. The van der Waals surface area contributed by atoms with Crippen LogP contribution in [0.2, 0.25) is 0 Å². The van der Waals surface area contributed by atoms with E-state index in [1.807, 2.05) is 33.0 Å². The first-order chi connectivity index (χ1) is 7.21. The topological polar surface area (TPSA) is 48.2 Å². The first kappa shape index (κ1) is 13.4. The van der Waals surface area contributed by atoms with Gasteiger partial charge >= 0.3 is 0 Å². The maximum Gasteiger partial charge on any atom is 0.0284 e. The summed E-state index contributed by atoms with van der Waals surface area (Å²) in [5, 5.41) is 10.2. The molecule has 0 aromatic heterocycles. The highest BCUT2D eigenvalue weighted by Crippen LogP contribution is 2.12. The van der Waals surface area contributed by atoms with Crippen molar-refractivity contribution in [3.8, 4) is 0 Å². The van der Waals surface area contributed by atoms with Gasteiger partial charge in [-0.2, -0.15) is 0 Å². The lowest BCUT2D eigenvalue weighted by atomic mass is 10.0. The highest BCUT2D eigenvalue weighted by Gasteiger charge is 2.00. The Kier molecular flexibility index (Phi) is 6.89. The molecular formula is C12H19N3. The molecule has 0 bridgehead atoms. The minimum absolute atomic E-state index is 0.852. The van der Waals surface area contributed by atoms with Crippen LogP contribution in [-0.2, 0) is 0 Å². The van der Waals surface area contributed by atoms with Crippen LogP contribution in [-0.4, -0.2) is 26.5 Å². The van der Waals surface area contributed by atoms with Crippen molar-refractivity contribution in [2.75, 3.05) is 14.1 Å². The zero-order valence-electron chi connectivity index (χ0n) is 9.83. The molecular weight excluding hydrogens is 186 g/mol. The Balaban J connectivity index is 5.31. The summed E-state index contributed by atoms with van der Waals surface area (Å²) in [6, 6.07) is 0. The lowest BCUT2D eigenvalue weighted by Crippen LogP contribution is -2.00. The van der Waals surface area contributed by atoms with Crippen molar-refractivity contribution in [1.29, 1.82) is 5.41 Å². The van der Waals surface area contributed by atoms with E-state index in [1.54, 1.807) is 19.5 Å². The standard InChI is InChI=1S/C12H19N3/c1-5-6-11(8-14-3)10(2)12(7-13)9-15-4/h5-9,13,15H,1-4H3/b6-5+,11-10+,12-9+,13-7?,14-8-. The van der Waals surface area contributed by atoms with Crippen LogP contribution >= 0.6 is 0 Å². The molecule has 0 aromatic rings. The van der Waals surface area contributed by atoms with Gasteiger partial charge in [0.05, 0.1) is 0 Å². The molecule has 0 heterocycles. The second-order valence-electron chi connectivity index (χ2n) is 3.00. The minimum atomic E-state index is 0.852. The molecule has 0 rings (SSSR count). The predicted octanol–water partition coefficient (Wildman–Crippen LogP) is 2.33. The van der Waals surface area contributed by atoms with Crippen molar-refractivity contribution in [3.05, 3.63) is 35.1 Å². The minimum Gasteiger partial charge on any atom is -0.393 e. The van der Waals surface area contributed by atoms with E-state index >= 15 is 0 Å². The van der Waals surface area contributed by atoms with Crippen LogP contribution in [0.3, 0.4) is 0 Å². The Bertz CT molecular complexity index is 306. The molecule has 82 valence electrons. The van der Waals surface area contributed by atoms with Crippen LogP contribution in [0.1, 0.15) is 13.8 Å². The Morgan fingerprint density at radius 3 is 2.47 bits per heavy atom. The van der Waals surface area contributed by atoms with Gasteiger partial charge in [-0.15, -0.1) is 0 Å². The summed E-state index contributed by atoms with van der Waals surface area (Å²) >= 11 is 0. The van der Waals surface area contributed by atoms with Crippen molar-refractivity contribution in [3.63, 3.8) is 0 Å². The van der Waals surface area contributed by atoms with E-state index in [0.717, 1.165) is 16.7 Å². The smallest absolute Gasteiger partial charge is 0.0284 e. The monoisotopic (exact) mass is 205 g/mol. The predicted molar refractivity (Wildman–Crippen MR) is 67.9 cm³/mol. The fraction of sp³-hybridized carbons (Fsp3) is 0.333. The second kappa shape index (κ2) is 7.74. The van der Waals surface area contributed by atoms with E-state index in [2.05, 4.69) is 10.3 Å². The van der Waals surface area contributed by atoms with Gasteiger partial charge in [0, 0.05) is 38.3 Å². The summed E-state index contributed by atoms with van der Waals surface area (Å²) in [5.41, 5.74) is 2.90. The van der Waals surface area contributed by atoms with Gasteiger partial charge in [-0.3, -0.25) is 4.99 Å².